The molecule has 2 aromatic rings. The molecule has 0 aliphatic heterocycles. The van der Waals surface area contributed by atoms with Crippen molar-refractivity contribution in [2.75, 3.05) is 5.32 Å². The molecule has 1 amide bonds. The Morgan fingerprint density at radius 1 is 1.35 bits per heavy atom. The summed E-state index contributed by atoms with van der Waals surface area (Å²) in [6, 6.07) is 11.4. The highest BCUT2D eigenvalue weighted by Gasteiger charge is 2.22. The molecule has 100 valence electrons. The molecular weight excluding hydrogens is 254 g/mol. The van der Waals surface area contributed by atoms with Gasteiger partial charge in [-0.15, -0.1) is 0 Å². The molecule has 1 atom stereocenters. The zero-order valence-electron chi connectivity index (χ0n) is 10.9. The molecule has 0 saturated carbocycles. The van der Waals surface area contributed by atoms with Crippen LogP contribution in [-0.4, -0.2) is 11.0 Å². The van der Waals surface area contributed by atoms with E-state index < -0.39 is 6.04 Å². The van der Waals surface area contributed by atoms with Crippen LogP contribution in [0.5, 0.6) is 5.75 Å². The maximum atomic E-state index is 12.1. The predicted octanol–water partition coefficient (Wildman–Crippen LogP) is 1.75. The Morgan fingerprint density at radius 2 is 2.05 bits per heavy atom. The summed E-state index contributed by atoms with van der Waals surface area (Å²) in [6.07, 6.45) is 3.20. The molecule has 0 aliphatic carbocycles. The van der Waals surface area contributed by atoms with Crippen molar-refractivity contribution < 1.29 is 14.5 Å². The zero-order valence-corrected chi connectivity index (χ0v) is 10.9. The van der Waals surface area contributed by atoms with E-state index in [0.717, 1.165) is 0 Å². The third kappa shape index (κ3) is 3.12. The first kappa shape index (κ1) is 13.6. The summed E-state index contributed by atoms with van der Waals surface area (Å²) in [5, 5.41) is 20.9. The van der Waals surface area contributed by atoms with Crippen LogP contribution >= 0.6 is 0 Å². The number of pyridine rings is 1. The van der Waals surface area contributed by atoms with Gasteiger partial charge in [-0.25, -0.2) is 0 Å². The van der Waals surface area contributed by atoms with E-state index >= 15 is 0 Å². The number of aromatic nitrogens is 1. The minimum Gasteiger partial charge on any atom is -0.503 e. The number of hydrogen-bond acceptors (Lipinski definition) is 3. The van der Waals surface area contributed by atoms with Crippen molar-refractivity contribution in [3.63, 3.8) is 0 Å². The summed E-state index contributed by atoms with van der Waals surface area (Å²) >= 11 is 0. The number of nitriles is 1. The molecule has 2 rings (SSSR count). The summed E-state index contributed by atoms with van der Waals surface area (Å²) in [4.78, 5) is 12.1. The average molecular weight is 268 g/mol. The van der Waals surface area contributed by atoms with Crippen LogP contribution in [0.25, 0.3) is 0 Å². The molecule has 0 saturated heterocycles. The van der Waals surface area contributed by atoms with Crippen molar-refractivity contribution >= 4 is 11.6 Å². The van der Waals surface area contributed by atoms with E-state index in [2.05, 4.69) is 5.32 Å². The summed E-state index contributed by atoms with van der Waals surface area (Å²) in [5.41, 5.74) is 1.17. The SMILES string of the molecule is C[C@@H](C(=O)Nc1ccc(C#N)cc1)[n+]1cccc(O)c1. The topological polar surface area (TPSA) is 77.0 Å². The van der Waals surface area contributed by atoms with Gasteiger partial charge in [0.1, 0.15) is 0 Å². The highest BCUT2D eigenvalue weighted by Crippen LogP contribution is 2.11. The van der Waals surface area contributed by atoms with Crippen LogP contribution in [0.2, 0.25) is 0 Å². The smallest absolute Gasteiger partial charge is 0.293 e. The van der Waals surface area contributed by atoms with Crippen LogP contribution < -0.4 is 9.88 Å². The minimum atomic E-state index is -0.460. The fourth-order valence-electron chi connectivity index (χ4n) is 1.73. The van der Waals surface area contributed by atoms with Gasteiger partial charge in [0.2, 0.25) is 12.2 Å². The maximum Gasteiger partial charge on any atom is 0.293 e. The third-order valence-corrected chi connectivity index (χ3v) is 2.91. The van der Waals surface area contributed by atoms with Gasteiger partial charge in [-0.2, -0.15) is 9.83 Å². The van der Waals surface area contributed by atoms with E-state index in [4.69, 9.17) is 5.26 Å². The van der Waals surface area contributed by atoms with E-state index in [1.165, 1.54) is 6.20 Å². The molecule has 0 fully saturated rings. The number of aromatic hydroxyl groups is 1. The normalized spacial score (nSPS) is 11.4. The Bertz CT molecular complexity index is 660. The van der Waals surface area contributed by atoms with Gasteiger partial charge in [-0.3, -0.25) is 4.79 Å². The third-order valence-electron chi connectivity index (χ3n) is 2.91. The van der Waals surface area contributed by atoms with E-state index in [0.29, 0.717) is 11.3 Å². The maximum absolute atomic E-state index is 12.1. The molecule has 0 radical (unpaired) electrons. The molecule has 1 aromatic carbocycles. The van der Waals surface area contributed by atoms with Gasteiger partial charge in [0, 0.05) is 18.7 Å². The van der Waals surface area contributed by atoms with Gasteiger partial charge in [0.15, 0.2) is 11.9 Å². The fraction of sp³-hybridized carbons (Fsp3) is 0.133. The Kier molecular flexibility index (Phi) is 3.96. The lowest BCUT2D eigenvalue weighted by Crippen LogP contribution is -2.43. The number of rotatable bonds is 3. The van der Waals surface area contributed by atoms with E-state index in [-0.39, 0.29) is 11.7 Å². The second-order valence-corrected chi connectivity index (χ2v) is 4.36. The van der Waals surface area contributed by atoms with Crippen LogP contribution in [0, 0.1) is 11.3 Å². The highest BCUT2D eigenvalue weighted by atomic mass is 16.3. The summed E-state index contributed by atoms with van der Waals surface area (Å²) in [6.45, 7) is 1.73. The first-order valence-corrected chi connectivity index (χ1v) is 6.11. The molecule has 20 heavy (non-hydrogen) atoms. The minimum absolute atomic E-state index is 0.102. The molecule has 1 heterocycles. The van der Waals surface area contributed by atoms with Crippen LogP contribution in [0.1, 0.15) is 18.5 Å². The number of hydrogen-bond donors (Lipinski definition) is 2. The van der Waals surface area contributed by atoms with Gasteiger partial charge in [-0.05, 0) is 30.3 Å². The summed E-state index contributed by atoms with van der Waals surface area (Å²) in [7, 11) is 0. The largest absolute Gasteiger partial charge is 0.503 e. The quantitative estimate of drug-likeness (QED) is 0.832. The van der Waals surface area contributed by atoms with Gasteiger partial charge >= 0.3 is 0 Å². The number of carbonyl (C=O) groups is 1. The van der Waals surface area contributed by atoms with E-state index in [1.807, 2.05) is 6.07 Å². The zero-order chi connectivity index (χ0) is 14.5. The summed E-state index contributed by atoms with van der Waals surface area (Å²) in [5.74, 6) is -0.101. The number of amides is 1. The van der Waals surface area contributed by atoms with Gasteiger partial charge in [-0.1, -0.05) is 0 Å². The fourth-order valence-corrected chi connectivity index (χ4v) is 1.73. The van der Waals surface area contributed by atoms with Gasteiger partial charge in [0.05, 0.1) is 11.6 Å². The second kappa shape index (κ2) is 5.85. The molecule has 5 heteroatoms. The number of nitrogens with one attached hydrogen (secondary N) is 1. The van der Waals surface area contributed by atoms with Crippen molar-refractivity contribution in [2.24, 2.45) is 0 Å². The number of benzene rings is 1. The number of anilines is 1. The monoisotopic (exact) mass is 268 g/mol. The lowest BCUT2D eigenvalue weighted by atomic mass is 10.2. The van der Waals surface area contributed by atoms with E-state index in [1.54, 1.807) is 54.1 Å². The average Bonchev–Trinajstić information content (AvgIpc) is 2.47. The van der Waals surface area contributed by atoms with Crippen LogP contribution in [0.3, 0.4) is 0 Å². The van der Waals surface area contributed by atoms with Gasteiger partial charge in [0.25, 0.3) is 5.91 Å². The van der Waals surface area contributed by atoms with Crippen molar-refractivity contribution in [3.8, 4) is 11.8 Å². The Balaban J connectivity index is 2.09. The van der Waals surface area contributed by atoms with Crippen molar-refractivity contribution in [1.29, 1.82) is 5.26 Å². The Morgan fingerprint density at radius 3 is 2.65 bits per heavy atom. The first-order valence-electron chi connectivity index (χ1n) is 6.11. The van der Waals surface area contributed by atoms with Crippen molar-refractivity contribution in [2.45, 2.75) is 13.0 Å². The van der Waals surface area contributed by atoms with Crippen molar-refractivity contribution in [3.05, 3.63) is 54.4 Å². The molecule has 5 nitrogen and oxygen atoms in total. The van der Waals surface area contributed by atoms with Crippen LogP contribution in [-0.2, 0) is 4.79 Å². The Labute approximate surface area is 116 Å². The Hall–Kier alpha value is -2.87. The molecule has 0 aliphatic rings. The second-order valence-electron chi connectivity index (χ2n) is 4.36. The molecular formula is C15H14N3O2+. The first-order chi connectivity index (χ1) is 9.60. The number of nitrogens with zero attached hydrogens (tertiary/aromatic N) is 2. The molecule has 1 aromatic heterocycles. The molecule has 0 bridgehead atoms. The van der Waals surface area contributed by atoms with E-state index in [9.17, 15) is 9.90 Å². The van der Waals surface area contributed by atoms with Crippen molar-refractivity contribution in [1.82, 2.24) is 0 Å². The lowest BCUT2D eigenvalue weighted by Gasteiger charge is -2.08. The molecule has 2 N–H and O–H groups in total. The molecule has 0 spiro atoms. The van der Waals surface area contributed by atoms with Crippen LogP contribution in [0.15, 0.2) is 48.8 Å². The van der Waals surface area contributed by atoms with Crippen LogP contribution in [0.4, 0.5) is 5.69 Å². The van der Waals surface area contributed by atoms with Gasteiger partial charge < -0.3 is 10.4 Å². The standard InChI is InChI=1S/C15H13N3O2/c1-11(18-8-2-3-14(19)10-18)15(20)17-13-6-4-12(9-16)5-7-13/h2-8,10-11H,1H3,(H-,17,19,20)/p+1/t11-/m0/s1. The number of carbonyl (C=O) groups excluding carboxylic acids is 1. The highest BCUT2D eigenvalue weighted by molar-refractivity contribution is 5.92. The lowest BCUT2D eigenvalue weighted by molar-refractivity contribution is -0.705. The molecule has 0 unspecified atom stereocenters. The predicted molar refractivity (Wildman–Crippen MR) is 72.8 cm³/mol. The summed E-state index contributed by atoms with van der Waals surface area (Å²) < 4.78 is 1.62.